The first kappa shape index (κ1) is 11.2. The van der Waals surface area contributed by atoms with Crippen molar-refractivity contribution < 1.29 is 0 Å². The van der Waals surface area contributed by atoms with Crippen LogP contribution in [0.15, 0.2) is 36.7 Å². The molecule has 0 saturated carbocycles. The van der Waals surface area contributed by atoms with Crippen molar-refractivity contribution in [2.45, 2.75) is 19.8 Å². The summed E-state index contributed by atoms with van der Waals surface area (Å²) in [5.41, 5.74) is 9.00. The van der Waals surface area contributed by atoms with Crippen LogP contribution in [0.2, 0.25) is 0 Å². The minimum Gasteiger partial charge on any atom is -0.330 e. The lowest BCUT2D eigenvalue weighted by atomic mass is 10.1. The van der Waals surface area contributed by atoms with Crippen molar-refractivity contribution in [1.82, 2.24) is 9.38 Å². The van der Waals surface area contributed by atoms with Crippen molar-refractivity contribution in [1.29, 1.82) is 0 Å². The highest BCUT2D eigenvalue weighted by Gasteiger charge is 2.07. The predicted molar refractivity (Wildman–Crippen MR) is 74.8 cm³/mol. The number of hydrogen-bond donors (Lipinski definition) is 1. The van der Waals surface area contributed by atoms with Crippen molar-refractivity contribution >= 4 is 16.4 Å². The molecule has 2 heterocycles. The van der Waals surface area contributed by atoms with Crippen molar-refractivity contribution in [3.05, 3.63) is 47.9 Å². The smallest absolute Gasteiger partial charge is 0.145 e. The van der Waals surface area contributed by atoms with Crippen LogP contribution in [-0.2, 0) is 6.42 Å². The molecule has 0 spiro atoms. The molecule has 3 aromatic rings. The molecule has 1 aromatic carbocycles. The lowest BCUT2D eigenvalue weighted by Crippen LogP contribution is -2.00. The topological polar surface area (TPSA) is 43.3 Å². The number of rotatable bonds is 3. The third kappa shape index (κ3) is 1.77. The summed E-state index contributed by atoms with van der Waals surface area (Å²) < 4.78 is 2.11. The van der Waals surface area contributed by atoms with Crippen LogP contribution in [0.1, 0.15) is 17.7 Å². The molecule has 0 fully saturated rings. The second-order valence-corrected chi connectivity index (χ2v) is 4.71. The highest BCUT2D eigenvalue weighted by atomic mass is 15.0. The first-order valence-corrected chi connectivity index (χ1v) is 6.35. The second kappa shape index (κ2) is 4.42. The van der Waals surface area contributed by atoms with Crippen LogP contribution >= 0.6 is 0 Å². The summed E-state index contributed by atoms with van der Waals surface area (Å²) >= 11 is 0. The molecule has 2 aromatic heterocycles. The van der Waals surface area contributed by atoms with Crippen LogP contribution in [-0.4, -0.2) is 15.9 Å². The highest BCUT2D eigenvalue weighted by Crippen LogP contribution is 2.23. The standard InChI is InChI=1S/C15H17N3/c1-11-4-2-5-12-7-9-18-10-13(6-3-8-16)17-15(18)14(11)12/h2,4-5,7,9-10H,3,6,8,16H2,1H3. The van der Waals surface area contributed by atoms with E-state index in [4.69, 9.17) is 10.7 Å². The van der Waals surface area contributed by atoms with E-state index in [9.17, 15) is 0 Å². The van der Waals surface area contributed by atoms with Gasteiger partial charge in [0.15, 0.2) is 0 Å². The van der Waals surface area contributed by atoms with Crippen LogP contribution in [0.4, 0.5) is 0 Å². The maximum absolute atomic E-state index is 5.55. The van der Waals surface area contributed by atoms with Gasteiger partial charge in [-0.1, -0.05) is 18.2 Å². The Hall–Kier alpha value is -1.87. The zero-order chi connectivity index (χ0) is 12.5. The number of pyridine rings is 1. The zero-order valence-electron chi connectivity index (χ0n) is 10.6. The van der Waals surface area contributed by atoms with Gasteiger partial charge in [-0.05, 0) is 43.3 Å². The molecule has 92 valence electrons. The normalized spacial score (nSPS) is 11.4. The van der Waals surface area contributed by atoms with Crippen LogP contribution in [0.5, 0.6) is 0 Å². The summed E-state index contributed by atoms with van der Waals surface area (Å²) in [6, 6.07) is 8.50. The summed E-state index contributed by atoms with van der Waals surface area (Å²) in [5.74, 6) is 0. The summed E-state index contributed by atoms with van der Waals surface area (Å²) in [5, 5.41) is 2.50. The SMILES string of the molecule is Cc1cccc2ccn3cc(CCCN)nc3c12. The fourth-order valence-electron chi connectivity index (χ4n) is 2.44. The van der Waals surface area contributed by atoms with Gasteiger partial charge in [0.05, 0.1) is 5.69 Å². The number of fused-ring (bicyclic) bond motifs is 3. The van der Waals surface area contributed by atoms with Crippen LogP contribution in [0.3, 0.4) is 0 Å². The first-order chi connectivity index (χ1) is 8.79. The van der Waals surface area contributed by atoms with E-state index in [0.29, 0.717) is 6.54 Å². The quantitative estimate of drug-likeness (QED) is 0.763. The number of nitrogens with two attached hydrogens (primary N) is 1. The number of benzene rings is 1. The van der Waals surface area contributed by atoms with Gasteiger partial charge in [-0.3, -0.25) is 0 Å². The van der Waals surface area contributed by atoms with E-state index < -0.39 is 0 Å². The van der Waals surface area contributed by atoms with Gasteiger partial charge in [-0.15, -0.1) is 0 Å². The van der Waals surface area contributed by atoms with Gasteiger partial charge in [0.2, 0.25) is 0 Å². The van der Waals surface area contributed by atoms with E-state index in [1.165, 1.54) is 16.3 Å². The molecule has 0 atom stereocenters. The lowest BCUT2D eigenvalue weighted by molar-refractivity contribution is 0.816. The Bertz CT molecular complexity index is 697. The van der Waals surface area contributed by atoms with E-state index >= 15 is 0 Å². The summed E-state index contributed by atoms with van der Waals surface area (Å²) in [4.78, 5) is 4.75. The molecule has 3 nitrogen and oxygen atoms in total. The number of nitrogens with zero attached hydrogens (tertiary/aromatic N) is 2. The van der Waals surface area contributed by atoms with Gasteiger partial charge < -0.3 is 10.1 Å². The third-order valence-electron chi connectivity index (χ3n) is 3.36. The van der Waals surface area contributed by atoms with Crippen molar-refractivity contribution in [3.63, 3.8) is 0 Å². The summed E-state index contributed by atoms with van der Waals surface area (Å²) in [6.07, 6.45) is 6.12. The molecule has 0 aliphatic rings. The molecular weight excluding hydrogens is 222 g/mol. The van der Waals surface area contributed by atoms with Crippen LogP contribution in [0, 0.1) is 6.92 Å². The molecule has 3 heteroatoms. The minimum absolute atomic E-state index is 0.716. The Balaban J connectivity index is 2.23. The summed E-state index contributed by atoms with van der Waals surface area (Å²) in [7, 11) is 0. The van der Waals surface area contributed by atoms with Crippen molar-refractivity contribution in [3.8, 4) is 0 Å². The molecule has 0 amide bonds. The highest BCUT2D eigenvalue weighted by molar-refractivity contribution is 5.96. The average Bonchev–Trinajstić information content (AvgIpc) is 2.79. The van der Waals surface area contributed by atoms with Gasteiger partial charge in [-0.2, -0.15) is 0 Å². The molecule has 0 radical (unpaired) electrons. The lowest BCUT2D eigenvalue weighted by Gasteiger charge is -2.03. The average molecular weight is 239 g/mol. The number of imidazole rings is 1. The third-order valence-corrected chi connectivity index (χ3v) is 3.36. The van der Waals surface area contributed by atoms with Gasteiger partial charge in [-0.25, -0.2) is 4.98 Å². The fourth-order valence-corrected chi connectivity index (χ4v) is 2.44. The molecule has 0 aliphatic carbocycles. The number of aromatic nitrogens is 2. The maximum Gasteiger partial charge on any atom is 0.145 e. The van der Waals surface area contributed by atoms with Gasteiger partial charge in [0.1, 0.15) is 5.65 Å². The van der Waals surface area contributed by atoms with Gasteiger partial charge in [0, 0.05) is 17.8 Å². The van der Waals surface area contributed by atoms with Crippen LogP contribution in [0.25, 0.3) is 16.4 Å². The van der Waals surface area contributed by atoms with Gasteiger partial charge >= 0.3 is 0 Å². The van der Waals surface area contributed by atoms with E-state index in [1.807, 2.05) is 0 Å². The van der Waals surface area contributed by atoms with Crippen molar-refractivity contribution in [2.24, 2.45) is 5.73 Å². The molecule has 0 saturated heterocycles. The largest absolute Gasteiger partial charge is 0.330 e. The zero-order valence-corrected chi connectivity index (χ0v) is 10.6. The minimum atomic E-state index is 0.716. The monoisotopic (exact) mass is 239 g/mol. The molecule has 3 rings (SSSR count). The van der Waals surface area contributed by atoms with Gasteiger partial charge in [0.25, 0.3) is 0 Å². The molecule has 2 N–H and O–H groups in total. The fraction of sp³-hybridized carbons (Fsp3) is 0.267. The Labute approximate surface area is 106 Å². The Morgan fingerprint density at radius 3 is 3.00 bits per heavy atom. The van der Waals surface area contributed by atoms with Crippen LogP contribution < -0.4 is 5.73 Å². The number of aryl methyl sites for hydroxylation is 2. The van der Waals surface area contributed by atoms with E-state index in [0.717, 1.165) is 24.2 Å². The van der Waals surface area contributed by atoms with E-state index in [1.54, 1.807) is 0 Å². The summed E-state index contributed by atoms with van der Waals surface area (Å²) in [6.45, 7) is 2.85. The first-order valence-electron chi connectivity index (χ1n) is 6.35. The van der Waals surface area contributed by atoms with E-state index in [-0.39, 0.29) is 0 Å². The predicted octanol–water partition coefficient (Wildman–Crippen LogP) is 2.69. The van der Waals surface area contributed by atoms with Crippen molar-refractivity contribution in [2.75, 3.05) is 6.54 Å². The molecular formula is C15H17N3. The maximum atomic E-state index is 5.55. The van der Waals surface area contributed by atoms with E-state index in [2.05, 4.69) is 48.0 Å². The number of hydrogen-bond acceptors (Lipinski definition) is 2. The molecule has 0 aliphatic heterocycles. The Morgan fingerprint density at radius 2 is 2.17 bits per heavy atom. The molecule has 0 unspecified atom stereocenters. The Kier molecular flexibility index (Phi) is 2.76. The second-order valence-electron chi connectivity index (χ2n) is 4.71. The Morgan fingerprint density at radius 1 is 1.28 bits per heavy atom. The molecule has 18 heavy (non-hydrogen) atoms. The molecule has 0 bridgehead atoms.